The first-order chi connectivity index (χ1) is 10.5. The van der Waals surface area contributed by atoms with E-state index in [0.717, 1.165) is 6.07 Å². The van der Waals surface area contributed by atoms with E-state index < -0.39 is 11.9 Å². The van der Waals surface area contributed by atoms with E-state index in [1.54, 1.807) is 0 Å². The number of carboxylic acid groups (broad SMARTS) is 2. The summed E-state index contributed by atoms with van der Waals surface area (Å²) in [6.45, 7) is -0.514. The fourth-order valence-corrected chi connectivity index (χ4v) is 1.83. The lowest BCUT2D eigenvalue weighted by molar-refractivity contribution is 0.0645. The lowest BCUT2D eigenvalue weighted by atomic mass is 9.98. The molecule has 0 aliphatic heterocycles. The minimum atomic E-state index is -1.28. The average molecular weight is 314 g/mol. The minimum Gasteiger partial charge on any atom is -0.478 e. The number of aliphatic hydroxyl groups excluding tert-OH is 2. The molecule has 4 N–H and O–H groups in total. The van der Waals surface area contributed by atoms with Gasteiger partial charge in [-0.25, -0.2) is 9.59 Å². The van der Waals surface area contributed by atoms with Crippen LogP contribution < -0.4 is 0 Å². The Morgan fingerprint density at radius 1 is 0.909 bits per heavy atom. The lowest BCUT2D eigenvalue weighted by Gasteiger charge is -2.14. The van der Waals surface area contributed by atoms with Gasteiger partial charge in [-0.3, -0.25) is 0 Å². The molecule has 0 aliphatic rings. The van der Waals surface area contributed by atoms with Gasteiger partial charge in [-0.05, 0) is 23.3 Å². The molecule has 0 radical (unpaired) electrons. The number of hydrogen-bond donors (Lipinski definition) is 4. The Morgan fingerprint density at radius 2 is 1.50 bits per heavy atom. The van der Waals surface area contributed by atoms with Crippen molar-refractivity contribution in [1.82, 2.24) is 0 Å². The molecular weight excluding hydrogens is 296 g/mol. The summed E-state index contributed by atoms with van der Waals surface area (Å²) in [5.74, 6) is -2.54. The summed E-state index contributed by atoms with van der Waals surface area (Å²) in [6.07, 6.45) is 0. The zero-order valence-electron chi connectivity index (χ0n) is 11.8. The predicted octanol–water partition coefficient (Wildman–Crippen LogP) is 0.101. The monoisotopic (exact) mass is 314 g/mol. The summed E-state index contributed by atoms with van der Waals surface area (Å²) in [5.41, 5.74) is 0.263. The van der Waals surface area contributed by atoms with Crippen molar-refractivity contribution < 1.29 is 39.5 Å². The molecule has 1 aromatic carbocycles. The van der Waals surface area contributed by atoms with Crippen molar-refractivity contribution >= 4 is 11.9 Å². The molecule has 0 heterocycles. The molecule has 0 aliphatic carbocycles. The molecular formula is C14H18O8. The van der Waals surface area contributed by atoms with E-state index in [0.29, 0.717) is 5.56 Å². The van der Waals surface area contributed by atoms with Crippen molar-refractivity contribution in [2.75, 3.05) is 26.4 Å². The van der Waals surface area contributed by atoms with Crippen LogP contribution in [0.4, 0.5) is 0 Å². The van der Waals surface area contributed by atoms with Gasteiger partial charge in [0.15, 0.2) is 0 Å². The molecule has 0 amide bonds. The Bertz CT molecular complexity index is 526. The number of rotatable bonds is 10. The van der Waals surface area contributed by atoms with Crippen molar-refractivity contribution in [2.24, 2.45) is 0 Å². The second-order valence-electron chi connectivity index (χ2n) is 4.32. The highest BCUT2D eigenvalue weighted by Crippen LogP contribution is 2.21. The first-order valence-electron chi connectivity index (χ1n) is 6.50. The third-order valence-corrected chi connectivity index (χ3v) is 2.79. The largest absolute Gasteiger partial charge is 0.478 e. The Labute approximate surface area is 126 Å². The van der Waals surface area contributed by atoms with E-state index in [2.05, 4.69) is 0 Å². The molecule has 0 spiro atoms. The summed E-state index contributed by atoms with van der Waals surface area (Å²) >= 11 is 0. The minimum absolute atomic E-state index is 0.0245. The van der Waals surface area contributed by atoms with Crippen LogP contribution in [-0.2, 0) is 22.7 Å². The standard InChI is InChI=1S/C14H18O8/c15-1-3-21-7-10-5-9(13(17)18)6-11(14(19)20)12(10)8-22-4-2-16/h5-6,15-16H,1-4,7-8H2,(H,17,18)(H,19,20). The highest BCUT2D eigenvalue weighted by molar-refractivity contribution is 5.95. The highest BCUT2D eigenvalue weighted by atomic mass is 16.5. The quantitative estimate of drug-likeness (QED) is 0.447. The second kappa shape index (κ2) is 9.11. The van der Waals surface area contributed by atoms with Crippen LogP contribution >= 0.6 is 0 Å². The molecule has 0 fully saturated rings. The molecule has 122 valence electrons. The van der Waals surface area contributed by atoms with Crippen LogP contribution in [-0.4, -0.2) is 58.8 Å². The Kier molecular flexibility index (Phi) is 7.47. The van der Waals surface area contributed by atoms with Crippen LogP contribution in [0.2, 0.25) is 0 Å². The van der Waals surface area contributed by atoms with Gasteiger partial charge < -0.3 is 29.9 Å². The molecule has 1 rings (SSSR count). The summed E-state index contributed by atoms with van der Waals surface area (Å²) in [7, 11) is 0. The van der Waals surface area contributed by atoms with Gasteiger partial charge >= 0.3 is 11.9 Å². The number of carbonyl (C=O) groups is 2. The van der Waals surface area contributed by atoms with Crippen LogP contribution in [0.3, 0.4) is 0 Å². The number of aromatic carboxylic acids is 2. The van der Waals surface area contributed by atoms with E-state index in [1.807, 2.05) is 0 Å². The third-order valence-electron chi connectivity index (χ3n) is 2.79. The molecule has 0 aromatic heterocycles. The summed E-state index contributed by atoms with van der Waals surface area (Å²) in [4.78, 5) is 22.4. The summed E-state index contributed by atoms with van der Waals surface area (Å²) in [5, 5.41) is 35.7. The normalized spacial score (nSPS) is 10.6. The SMILES string of the molecule is O=C(O)c1cc(COCCO)c(COCCO)c(C(=O)O)c1. The molecule has 0 saturated heterocycles. The second-order valence-corrected chi connectivity index (χ2v) is 4.32. The van der Waals surface area contributed by atoms with Gasteiger partial charge in [0, 0.05) is 0 Å². The topological polar surface area (TPSA) is 134 Å². The van der Waals surface area contributed by atoms with Gasteiger partial charge in [-0.1, -0.05) is 0 Å². The van der Waals surface area contributed by atoms with Crippen LogP contribution in [0.1, 0.15) is 31.8 Å². The molecule has 8 heteroatoms. The molecule has 0 atom stereocenters. The number of ether oxygens (including phenoxy) is 2. The van der Waals surface area contributed by atoms with Gasteiger partial charge in [0.25, 0.3) is 0 Å². The van der Waals surface area contributed by atoms with Crippen LogP contribution in [0.25, 0.3) is 0 Å². The first-order valence-corrected chi connectivity index (χ1v) is 6.50. The fraction of sp³-hybridized carbons (Fsp3) is 0.429. The van der Waals surface area contributed by atoms with Gasteiger partial charge in [-0.2, -0.15) is 0 Å². The maximum absolute atomic E-state index is 11.3. The van der Waals surface area contributed by atoms with Crippen molar-refractivity contribution in [3.63, 3.8) is 0 Å². The number of aliphatic hydroxyl groups is 2. The smallest absolute Gasteiger partial charge is 0.336 e. The number of benzene rings is 1. The van der Waals surface area contributed by atoms with Crippen LogP contribution in [0.15, 0.2) is 12.1 Å². The Balaban J connectivity index is 3.19. The van der Waals surface area contributed by atoms with Crippen molar-refractivity contribution in [2.45, 2.75) is 13.2 Å². The van der Waals surface area contributed by atoms with Crippen molar-refractivity contribution in [3.8, 4) is 0 Å². The Hall–Kier alpha value is -2.00. The van der Waals surface area contributed by atoms with E-state index in [-0.39, 0.29) is 56.3 Å². The maximum Gasteiger partial charge on any atom is 0.336 e. The molecule has 0 saturated carbocycles. The van der Waals surface area contributed by atoms with Gasteiger partial charge in [-0.15, -0.1) is 0 Å². The van der Waals surface area contributed by atoms with Gasteiger partial charge in [0.2, 0.25) is 0 Å². The zero-order valence-corrected chi connectivity index (χ0v) is 11.8. The van der Waals surface area contributed by atoms with Gasteiger partial charge in [0.1, 0.15) is 0 Å². The molecule has 1 aromatic rings. The highest BCUT2D eigenvalue weighted by Gasteiger charge is 2.19. The third kappa shape index (κ3) is 5.08. The van der Waals surface area contributed by atoms with Crippen molar-refractivity contribution in [3.05, 3.63) is 34.4 Å². The van der Waals surface area contributed by atoms with Crippen molar-refractivity contribution in [1.29, 1.82) is 0 Å². The predicted molar refractivity (Wildman–Crippen MR) is 73.8 cm³/mol. The zero-order chi connectivity index (χ0) is 16.5. The molecule has 0 unspecified atom stereocenters. The molecule has 8 nitrogen and oxygen atoms in total. The molecule has 22 heavy (non-hydrogen) atoms. The van der Waals surface area contributed by atoms with E-state index in [1.165, 1.54) is 6.07 Å². The molecule has 0 bridgehead atoms. The fourth-order valence-electron chi connectivity index (χ4n) is 1.83. The summed E-state index contributed by atoms with van der Waals surface area (Å²) in [6, 6.07) is 2.36. The number of hydrogen-bond acceptors (Lipinski definition) is 6. The Morgan fingerprint density at radius 3 is 2.00 bits per heavy atom. The average Bonchev–Trinajstić information content (AvgIpc) is 2.48. The van der Waals surface area contributed by atoms with Crippen LogP contribution in [0.5, 0.6) is 0 Å². The summed E-state index contributed by atoms with van der Waals surface area (Å²) < 4.78 is 10.3. The van der Waals surface area contributed by atoms with E-state index >= 15 is 0 Å². The van der Waals surface area contributed by atoms with E-state index in [4.69, 9.17) is 24.8 Å². The van der Waals surface area contributed by atoms with E-state index in [9.17, 15) is 14.7 Å². The number of carboxylic acids is 2. The van der Waals surface area contributed by atoms with Crippen LogP contribution in [0, 0.1) is 0 Å². The first kappa shape index (κ1) is 18.1. The maximum atomic E-state index is 11.3. The van der Waals surface area contributed by atoms with Gasteiger partial charge in [0.05, 0.1) is 50.8 Å². The lowest BCUT2D eigenvalue weighted by Crippen LogP contribution is -2.13.